The largest absolute Gasteiger partial charge is 0.511 e. The topological polar surface area (TPSA) is 219 Å². The number of hydrogen-bond donors (Lipinski definition) is 8. The first kappa shape index (κ1) is 33.8. The summed E-state index contributed by atoms with van der Waals surface area (Å²) in [6.07, 6.45) is -2.16. The van der Waals surface area contributed by atoms with E-state index in [-0.39, 0.29) is 16.4 Å². The third-order valence-electron chi connectivity index (χ3n) is 10.2. The van der Waals surface area contributed by atoms with Crippen molar-refractivity contribution in [1.82, 2.24) is 0 Å². The second-order valence-electron chi connectivity index (χ2n) is 13.3. The zero-order valence-electron chi connectivity index (χ0n) is 27.6. The molecule has 0 unspecified atom stereocenters. The van der Waals surface area contributed by atoms with Gasteiger partial charge in [0.25, 0.3) is 5.91 Å². The number of Topliss-reactive ketones (excluding diaryl/α,β-unsaturated/α-hetero) is 2. The molecule has 0 bridgehead atoms. The summed E-state index contributed by atoms with van der Waals surface area (Å²) in [6, 6.07) is 18.4. The van der Waals surface area contributed by atoms with Gasteiger partial charge in [0.1, 0.15) is 28.4 Å². The van der Waals surface area contributed by atoms with E-state index in [1.54, 1.807) is 25.1 Å². The molecule has 5 atom stereocenters. The Bertz CT molecular complexity index is 2260. The number of fused-ring (bicyclic) bond motifs is 4. The smallest absolute Gasteiger partial charge is 0.255 e. The molecular formula is C37H34N4O9S. The fourth-order valence-corrected chi connectivity index (χ4v) is 7.77. The lowest BCUT2D eigenvalue weighted by Crippen LogP contribution is -2.62. The van der Waals surface area contributed by atoms with Crippen LogP contribution in [0.3, 0.4) is 0 Å². The molecule has 4 aromatic rings. The van der Waals surface area contributed by atoms with Crippen LogP contribution in [0.15, 0.2) is 87.7 Å². The van der Waals surface area contributed by atoms with Gasteiger partial charge in [-0.3, -0.25) is 14.4 Å². The lowest BCUT2D eigenvalue weighted by Gasteiger charge is -2.50. The molecule has 1 aromatic heterocycles. The number of carbonyl (C=O) groups is 3. The fourth-order valence-electron chi connectivity index (χ4n) is 7.54. The van der Waals surface area contributed by atoms with Gasteiger partial charge < -0.3 is 51.2 Å². The Morgan fingerprint density at radius 3 is 2.39 bits per heavy atom. The lowest BCUT2D eigenvalue weighted by molar-refractivity contribution is -0.154. The summed E-state index contributed by atoms with van der Waals surface area (Å²) in [6.45, 7) is 1.65. The van der Waals surface area contributed by atoms with E-state index in [0.717, 1.165) is 22.2 Å². The van der Waals surface area contributed by atoms with E-state index in [0.29, 0.717) is 17.0 Å². The number of benzene rings is 3. The fraction of sp³-hybridized carbons (Fsp3) is 0.243. The van der Waals surface area contributed by atoms with Crippen molar-refractivity contribution >= 4 is 62.8 Å². The monoisotopic (exact) mass is 710 g/mol. The lowest BCUT2D eigenvalue weighted by atomic mass is 9.56. The molecule has 0 spiro atoms. The highest BCUT2D eigenvalue weighted by Gasteiger charge is 2.64. The number of aromatic hydroxyl groups is 1. The van der Waals surface area contributed by atoms with Crippen molar-refractivity contribution in [3.8, 4) is 17.1 Å². The number of phenols is 1. The molecule has 0 radical (unpaired) electrons. The number of phenolic OH excluding ortho intramolecular Hbond substituents is 1. The molecule has 1 heterocycles. The van der Waals surface area contributed by atoms with Gasteiger partial charge >= 0.3 is 0 Å². The number of carbonyl (C=O) groups excluding carboxylic acids is 3. The number of furan rings is 1. The van der Waals surface area contributed by atoms with Gasteiger partial charge in [-0.15, -0.1) is 0 Å². The molecule has 13 nitrogen and oxygen atoms in total. The predicted octanol–water partition coefficient (Wildman–Crippen LogP) is 4.40. The van der Waals surface area contributed by atoms with Crippen molar-refractivity contribution in [1.29, 1.82) is 0 Å². The number of ketones is 2. The molecule has 7 rings (SSSR count). The second kappa shape index (κ2) is 12.0. The summed E-state index contributed by atoms with van der Waals surface area (Å²) in [4.78, 5) is 41.2. The summed E-state index contributed by atoms with van der Waals surface area (Å²) in [5.41, 5.74) is 4.33. The summed E-state index contributed by atoms with van der Waals surface area (Å²) < 4.78 is 6.09. The van der Waals surface area contributed by atoms with Gasteiger partial charge in [0.2, 0.25) is 5.78 Å². The van der Waals surface area contributed by atoms with Crippen molar-refractivity contribution in [2.75, 3.05) is 29.6 Å². The van der Waals surface area contributed by atoms with Gasteiger partial charge in [-0.25, -0.2) is 0 Å². The number of primary amides is 1. The van der Waals surface area contributed by atoms with Crippen LogP contribution in [0.2, 0.25) is 0 Å². The van der Waals surface area contributed by atoms with E-state index in [9.17, 15) is 39.9 Å². The van der Waals surface area contributed by atoms with Crippen molar-refractivity contribution in [2.24, 2.45) is 17.6 Å². The number of thiocarbonyl (C=S) groups is 1. The van der Waals surface area contributed by atoms with Crippen LogP contribution in [0.5, 0.6) is 5.75 Å². The summed E-state index contributed by atoms with van der Waals surface area (Å²) in [5, 5.41) is 63.0. The van der Waals surface area contributed by atoms with E-state index >= 15 is 0 Å². The maximum Gasteiger partial charge on any atom is 0.255 e. The maximum absolute atomic E-state index is 14.0. The van der Waals surface area contributed by atoms with Crippen LogP contribution in [-0.2, 0) is 9.59 Å². The quantitative estimate of drug-likeness (QED) is 0.0819. The first-order chi connectivity index (χ1) is 24.1. The van der Waals surface area contributed by atoms with Gasteiger partial charge in [-0.1, -0.05) is 13.0 Å². The first-order valence-corrected chi connectivity index (χ1v) is 16.4. The number of anilines is 3. The third kappa shape index (κ3) is 5.13. The standard InChI is InChI=1S/C37H34N4O9S/c1-15-20-10-11-22(40-36(51)39-18-7-4-16(5-8-18)24-12-17-6-9-19(41(2)3)13-25(17)50-24)31(44)27(20)32(45)29-26(15)30(43)21-14-23(42)28(35(38)48)33(46)37(21,49)34(29)47/h4-13,15,21,26,30,42-44,47,49H,14H2,1-3H3,(H2,38,48)(H2,39,40,51)/t15-,21+,26+,30+,37+/m0/s1. The van der Waals surface area contributed by atoms with Crippen molar-refractivity contribution < 1.29 is 44.3 Å². The average Bonchev–Trinajstić information content (AvgIpc) is 3.51. The predicted molar refractivity (Wildman–Crippen MR) is 193 cm³/mol. The average molecular weight is 711 g/mol. The van der Waals surface area contributed by atoms with Crippen LogP contribution in [0.1, 0.15) is 35.2 Å². The highest BCUT2D eigenvalue weighted by atomic mass is 32.1. The molecule has 3 aliphatic rings. The van der Waals surface area contributed by atoms with E-state index in [2.05, 4.69) is 10.6 Å². The van der Waals surface area contributed by atoms with Crippen LogP contribution in [0.25, 0.3) is 22.3 Å². The van der Waals surface area contributed by atoms with Crippen molar-refractivity contribution in [3.63, 3.8) is 0 Å². The number of allylic oxidation sites excluding steroid dienone is 1. The Morgan fingerprint density at radius 2 is 1.73 bits per heavy atom. The Kier molecular flexibility index (Phi) is 7.93. The molecule has 3 aromatic carbocycles. The van der Waals surface area contributed by atoms with Crippen molar-refractivity contribution in [2.45, 2.75) is 31.0 Å². The molecule has 51 heavy (non-hydrogen) atoms. The number of nitrogens with zero attached hydrogens (tertiary/aromatic N) is 1. The van der Waals surface area contributed by atoms with Crippen LogP contribution >= 0.6 is 12.2 Å². The van der Waals surface area contributed by atoms with E-state index in [1.807, 2.05) is 55.4 Å². The zero-order valence-corrected chi connectivity index (χ0v) is 28.4. The van der Waals surface area contributed by atoms with Gasteiger partial charge in [0, 0.05) is 66.3 Å². The van der Waals surface area contributed by atoms with Crippen LogP contribution in [-0.4, -0.2) is 73.9 Å². The highest BCUT2D eigenvalue weighted by Crippen LogP contribution is 2.55. The minimum atomic E-state index is -2.92. The molecule has 262 valence electrons. The Labute approximate surface area is 296 Å². The molecule has 0 aliphatic heterocycles. The summed E-state index contributed by atoms with van der Waals surface area (Å²) in [7, 11) is 3.92. The molecular weight excluding hydrogens is 676 g/mol. The number of nitrogens with two attached hydrogens (primary N) is 1. The summed E-state index contributed by atoms with van der Waals surface area (Å²) in [5.74, 6) is -8.65. The molecule has 0 saturated heterocycles. The van der Waals surface area contributed by atoms with Gasteiger partial charge in [-0.05, 0) is 72.2 Å². The number of rotatable bonds is 5. The molecule has 0 fully saturated rings. The Morgan fingerprint density at radius 1 is 1.02 bits per heavy atom. The summed E-state index contributed by atoms with van der Waals surface area (Å²) >= 11 is 5.49. The van der Waals surface area contributed by atoms with E-state index in [4.69, 9.17) is 22.4 Å². The van der Waals surface area contributed by atoms with Crippen LogP contribution in [0, 0.1) is 11.8 Å². The molecule has 1 amide bonds. The number of aliphatic hydroxyl groups excluding tert-OH is 3. The maximum atomic E-state index is 14.0. The van der Waals surface area contributed by atoms with Crippen LogP contribution in [0.4, 0.5) is 17.1 Å². The third-order valence-corrected chi connectivity index (χ3v) is 10.4. The molecule has 14 heteroatoms. The Balaban J connectivity index is 1.14. The first-order valence-electron chi connectivity index (χ1n) is 16.0. The van der Waals surface area contributed by atoms with Gasteiger partial charge in [0.15, 0.2) is 22.2 Å². The SMILES string of the molecule is C[C@H]1c2ccc(NC(=S)Nc3ccc(-c4cc5ccc(N(C)C)cc5o4)cc3)c(O)c2C(=O)C2=C(O)[C@]3(O)C(=O)C(C(N)=O)=C(O)C[C@@H]3[C@@H](O)[C@@H]21. The molecule has 3 aliphatic carbocycles. The minimum Gasteiger partial charge on any atom is -0.511 e. The number of nitrogens with one attached hydrogen (secondary N) is 2. The minimum absolute atomic E-state index is 0.0480. The Hall–Kier alpha value is -5.70. The zero-order chi connectivity index (χ0) is 36.7. The van der Waals surface area contributed by atoms with Gasteiger partial charge in [-0.2, -0.15) is 0 Å². The number of amides is 1. The normalized spacial score (nSPS) is 24.2. The second-order valence-corrected chi connectivity index (χ2v) is 13.7. The van der Waals surface area contributed by atoms with E-state index in [1.165, 1.54) is 6.07 Å². The van der Waals surface area contributed by atoms with Crippen LogP contribution < -0.4 is 21.3 Å². The van der Waals surface area contributed by atoms with Gasteiger partial charge in [0.05, 0.1) is 17.4 Å². The number of aliphatic hydroxyl groups is 4. The number of hydrogen-bond acceptors (Lipinski definition) is 11. The van der Waals surface area contributed by atoms with Crippen molar-refractivity contribution in [3.05, 3.63) is 94.5 Å². The molecule has 9 N–H and O–H groups in total. The molecule has 0 saturated carbocycles. The highest BCUT2D eigenvalue weighted by molar-refractivity contribution is 7.80. The van der Waals surface area contributed by atoms with E-state index < -0.39 is 81.8 Å².